The van der Waals surface area contributed by atoms with E-state index in [4.69, 9.17) is 0 Å². The predicted octanol–water partition coefficient (Wildman–Crippen LogP) is 3.40. The van der Waals surface area contributed by atoms with Gasteiger partial charge in [0.25, 0.3) is 0 Å². The van der Waals surface area contributed by atoms with Crippen LogP contribution in [0.2, 0.25) is 0 Å². The van der Waals surface area contributed by atoms with Gasteiger partial charge >= 0.3 is 0 Å². The highest BCUT2D eigenvalue weighted by Crippen LogP contribution is 2.40. The van der Waals surface area contributed by atoms with E-state index in [0.717, 1.165) is 22.4 Å². The average molecular weight is 351 g/mol. The van der Waals surface area contributed by atoms with Gasteiger partial charge in [-0.3, -0.25) is 14.6 Å². The second-order valence-electron chi connectivity index (χ2n) is 7.21. The molecule has 0 aliphatic heterocycles. The summed E-state index contributed by atoms with van der Waals surface area (Å²) in [4.78, 5) is 28.9. The van der Waals surface area contributed by atoms with E-state index in [1.54, 1.807) is 12.4 Å². The molecular weight excluding hydrogens is 326 g/mol. The Morgan fingerprint density at radius 2 is 1.92 bits per heavy atom. The lowest BCUT2D eigenvalue weighted by atomic mass is 9.98. The Balaban J connectivity index is 1.57. The van der Waals surface area contributed by atoms with Crippen molar-refractivity contribution in [3.63, 3.8) is 0 Å². The molecule has 0 spiro atoms. The van der Waals surface area contributed by atoms with Crippen molar-refractivity contribution >= 4 is 17.5 Å². The van der Waals surface area contributed by atoms with Gasteiger partial charge in [-0.2, -0.15) is 0 Å². The van der Waals surface area contributed by atoms with Crippen LogP contribution >= 0.6 is 0 Å². The lowest BCUT2D eigenvalue weighted by Gasteiger charge is -2.16. The molecule has 1 aromatic carbocycles. The number of carbonyl (C=O) groups is 2. The first kappa shape index (κ1) is 18.1. The van der Waals surface area contributed by atoms with Gasteiger partial charge in [0.15, 0.2) is 0 Å². The van der Waals surface area contributed by atoms with Crippen molar-refractivity contribution < 1.29 is 9.59 Å². The summed E-state index contributed by atoms with van der Waals surface area (Å²) in [6, 6.07) is 9.79. The van der Waals surface area contributed by atoms with E-state index in [1.807, 2.05) is 37.3 Å². The largest absolute Gasteiger partial charge is 0.352 e. The molecule has 2 amide bonds. The molecule has 1 aromatic heterocycles. The molecule has 1 saturated carbocycles. The maximum absolute atomic E-state index is 12.6. The summed E-state index contributed by atoms with van der Waals surface area (Å²) < 4.78 is 0. The third kappa shape index (κ3) is 4.10. The minimum atomic E-state index is -0.247. The zero-order valence-electron chi connectivity index (χ0n) is 15.5. The summed E-state index contributed by atoms with van der Waals surface area (Å²) in [5.74, 6) is -0.296. The second kappa shape index (κ2) is 7.68. The van der Waals surface area contributed by atoms with Gasteiger partial charge in [-0.1, -0.05) is 38.1 Å². The van der Waals surface area contributed by atoms with Crippen LogP contribution < -0.4 is 10.6 Å². The number of hydrogen-bond acceptors (Lipinski definition) is 3. The number of benzene rings is 1. The van der Waals surface area contributed by atoms with Gasteiger partial charge < -0.3 is 10.6 Å². The summed E-state index contributed by atoms with van der Waals surface area (Å²) in [5, 5.41) is 5.94. The SMILES string of the molecule is Cc1cccc(C(C)C)c1NC(=O)C1CC1C(=O)NCc1cccnc1. The first-order valence-electron chi connectivity index (χ1n) is 9.04. The predicted molar refractivity (Wildman–Crippen MR) is 102 cm³/mol. The highest BCUT2D eigenvalue weighted by atomic mass is 16.2. The zero-order valence-corrected chi connectivity index (χ0v) is 15.5. The molecule has 2 atom stereocenters. The van der Waals surface area contributed by atoms with Crippen molar-refractivity contribution in [1.82, 2.24) is 10.3 Å². The highest BCUT2D eigenvalue weighted by molar-refractivity contribution is 6.00. The van der Waals surface area contributed by atoms with Crippen LogP contribution in [0.15, 0.2) is 42.7 Å². The average Bonchev–Trinajstić information content (AvgIpc) is 3.43. The van der Waals surface area contributed by atoms with Gasteiger partial charge in [0, 0.05) is 24.6 Å². The Hall–Kier alpha value is -2.69. The maximum atomic E-state index is 12.6. The van der Waals surface area contributed by atoms with Gasteiger partial charge in [0.2, 0.25) is 11.8 Å². The molecule has 136 valence electrons. The number of aromatic nitrogens is 1. The summed E-state index contributed by atoms with van der Waals surface area (Å²) >= 11 is 0. The molecule has 26 heavy (non-hydrogen) atoms. The standard InChI is InChI=1S/C21H25N3O2/c1-13(2)16-8-4-6-14(3)19(16)24-21(26)18-10-17(18)20(25)23-12-15-7-5-9-22-11-15/h4-9,11,13,17-18H,10,12H2,1-3H3,(H,23,25)(H,24,26). The Morgan fingerprint density at radius 3 is 2.62 bits per heavy atom. The smallest absolute Gasteiger partial charge is 0.228 e. The summed E-state index contributed by atoms with van der Waals surface area (Å²) in [7, 11) is 0. The van der Waals surface area contributed by atoms with Gasteiger partial charge in [0.05, 0.1) is 11.8 Å². The topological polar surface area (TPSA) is 71.1 Å². The number of pyridine rings is 1. The Labute approximate surface area is 154 Å². The van der Waals surface area contributed by atoms with E-state index >= 15 is 0 Å². The van der Waals surface area contributed by atoms with E-state index in [9.17, 15) is 9.59 Å². The van der Waals surface area contributed by atoms with Crippen LogP contribution in [0.3, 0.4) is 0 Å². The molecule has 2 aromatic rings. The van der Waals surface area contributed by atoms with Crippen LogP contribution in [0.25, 0.3) is 0 Å². The first-order chi connectivity index (χ1) is 12.5. The van der Waals surface area contributed by atoms with Gasteiger partial charge in [-0.25, -0.2) is 0 Å². The van der Waals surface area contributed by atoms with Crippen molar-refractivity contribution in [3.05, 3.63) is 59.4 Å². The molecule has 1 heterocycles. The molecule has 3 rings (SSSR count). The Bertz CT molecular complexity index is 802. The molecule has 1 fully saturated rings. The molecule has 0 radical (unpaired) electrons. The lowest BCUT2D eigenvalue weighted by Crippen LogP contribution is -2.27. The summed E-state index contributed by atoms with van der Waals surface area (Å²) in [5.41, 5.74) is 4.00. The minimum absolute atomic E-state index is 0.0668. The van der Waals surface area contributed by atoms with Gasteiger partial charge in [-0.15, -0.1) is 0 Å². The Morgan fingerprint density at radius 1 is 1.15 bits per heavy atom. The van der Waals surface area contributed by atoms with Crippen LogP contribution in [0.5, 0.6) is 0 Å². The van der Waals surface area contributed by atoms with Crippen molar-refractivity contribution in [2.75, 3.05) is 5.32 Å². The number of hydrogen-bond donors (Lipinski definition) is 2. The lowest BCUT2D eigenvalue weighted by molar-refractivity contribution is -0.125. The van der Waals surface area contributed by atoms with Crippen LogP contribution in [0.4, 0.5) is 5.69 Å². The van der Waals surface area contributed by atoms with E-state index in [0.29, 0.717) is 18.9 Å². The van der Waals surface area contributed by atoms with Gasteiger partial charge in [0.1, 0.15) is 0 Å². The summed E-state index contributed by atoms with van der Waals surface area (Å²) in [6.07, 6.45) is 4.03. The third-order valence-electron chi connectivity index (χ3n) is 4.83. The highest BCUT2D eigenvalue weighted by Gasteiger charge is 2.48. The molecule has 5 heteroatoms. The fourth-order valence-corrected chi connectivity index (χ4v) is 3.16. The molecule has 2 N–H and O–H groups in total. The zero-order chi connectivity index (χ0) is 18.7. The molecule has 0 bridgehead atoms. The minimum Gasteiger partial charge on any atom is -0.352 e. The molecular formula is C21H25N3O2. The number of nitrogens with one attached hydrogen (secondary N) is 2. The number of anilines is 1. The van der Waals surface area contributed by atoms with Crippen LogP contribution in [0, 0.1) is 18.8 Å². The van der Waals surface area contributed by atoms with Crippen LogP contribution in [-0.2, 0) is 16.1 Å². The number of carbonyl (C=O) groups excluding carboxylic acids is 2. The molecule has 1 aliphatic rings. The third-order valence-corrected chi connectivity index (χ3v) is 4.83. The molecule has 5 nitrogen and oxygen atoms in total. The number of amides is 2. The van der Waals surface area contributed by atoms with Crippen molar-refractivity contribution in [1.29, 1.82) is 0 Å². The molecule has 2 unspecified atom stereocenters. The van der Waals surface area contributed by atoms with E-state index in [2.05, 4.69) is 29.5 Å². The molecule has 0 saturated heterocycles. The normalized spacial score (nSPS) is 18.5. The van der Waals surface area contributed by atoms with Gasteiger partial charge in [-0.05, 0) is 42.0 Å². The number of para-hydroxylation sites is 1. The number of rotatable bonds is 6. The number of nitrogens with zero attached hydrogens (tertiary/aromatic N) is 1. The van der Waals surface area contributed by atoms with Crippen molar-refractivity contribution in [2.45, 2.75) is 39.7 Å². The van der Waals surface area contributed by atoms with E-state index in [-0.39, 0.29) is 23.7 Å². The fourth-order valence-electron chi connectivity index (χ4n) is 3.16. The fraction of sp³-hybridized carbons (Fsp3) is 0.381. The molecule has 1 aliphatic carbocycles. The van der Waals surface area contributed by atoms with Crippen LogP contribution in [-0.4, -0.2) is 16.8 Å². The quantitative estimate of drug-likeness (QED) is 0.838. The second-order valence-corrected chi connectivity index (χ2v) is 7.21. The maximum Gasteiger partial charge on any atom is 0.228 e. The van der Waals surface area contributed by atoms with Crippen molar-refractivity contribution in [2.24, 2.45) is 11.8 Å². The Kier molecular flexibility index (Phi) is 5.35. The first-order valence-corrected chi connectivity index (χ1v) is 9.04. The monoisotopic (exact) mass is 351 g/mol. The van der Waals surface area contributed by atoms with Crippen LogP contribution in [0.1, 0.15) is 42.9 Å². The van der Waals surface area contributed by atoms with E-state index < -0.39 is 0 Å². The summed E-state index contributed by atoms with van der Waals surface area (Å²) in [6.45, 7) is 6.64. The number of aryl methyl sites for hydroxylation is 1. The van der Waals surface area contributed by atoms with Crippen molar-refractivity contribution in [3.8, 4) is 0 Å². The van der Waals surface area contributed by atoms with E-state index in [1.165, 1.54) is 0 Å².